The van der Waals surface area contributed by atoms with Crippen LogP contribution < -0.4 is 5.73 Å². The van der Waals surface area contributed by atoms with Crippen LogP contribution in [-0.2, 0) is 0 Å². The molecule has 0 radical (unpaired) electrons. The highest BCUT2D eigenvalue weighted by Gasteiger charge is 2.17. The first kappa shape index (κ1) is 15.3. The third kappa shape index (κ3) is 3.93. The fourth-order valence-corrected chi connectivity index (χ4v) is 2.46. The van der Waals surface area contributed by atoms with Crippen molar-refractivity contribution in [1.29, 1.82) is 0 Å². The zero-order chi connectivity index (χ0) is 15.2. The number of nitrogen functional groups attached to an aromatic ring is 1. The highest BCUT2D eigenvalue weighted by Crippen LogP contribution is 2.26. The van der Waals surface area contributed by atoms with Crippen LogP contribution in [0, 0.1) is 0 Å². The summed E-state index contributed by atoms with van der Waals surface area (Å²) in [6.07, 6.45) is -1.79. The van der Waals surface area contributed by atoms with Gasteiger partial charge in [0.25, 0.3) is 0 Å². The molecule has 0 aliphatic carbocycles. The van der Waals surface area contributed by atoms with Crippen molar-refractivity contribution in [3.05, 3.63) is 45.7 Å². The van der Waals surface area contributed by atoms with Crippen molar-refractivity contribution in [2.45, 2.75) is 18.6 Å². The fourth-order valence-electron chi connectivity index (χ4n) is 1.89. The van der Waals surface area contributed by atoms with Gasteiger partial charge in [0.05, 0.1) is 11.8 Å². The van der Waals surface area contributed by atoms with Crippen LogP contribution in [-0.4, -0.2) is 27.8 Å². The van der Waals surface area contributed by atoms with E-state index in [9.17, 15) is 10.2 Å². The van der Waals surface area contributed by atoms with E-state index in [4.69, 9.17) is 11.3 Å². The Balaban J connectivity index is 2.05. The third-order valence-corrected chi connectivity index (χ3v) is 3.70. The van der Waals surface area contributed by atoms with Crippen LogP contribution in [0.3, 0.4) is 0 Å². The minimum Gasteiger partial charge on any atom is -0.390 e. The Morgan fingerprint density at radius 1 is 1.33 bits per heavy atom. The Morgan fingerprint density at radius 3 is 2.62 bits per heavy atom. The topological polar surface area (TPSA) is 128 Å². The number of aliphatic hydroxyl groups is 2. The highest BCUT2D eigenvalue weighted by molar-refractivity contribution is 7.13. The van der Waals surface area contributed by atoms with E-state index >= 15 is 0 Å². The van der Waals surface area contributed by atoms with Gasteiger partial charge >= 0.3 is 0 Å². The van der Waals surface area contributed by atoms with Crippen molar-refractivity contribution >= 4 is 16.5 Å². The number of nitrogens with zero attached hydrogens (tertiary/aromatic N) is 4. The van der Waals surface area contributed by atoms with Gasteiger partial charge in [-0.1, -0.05) is 29.4 Å². The van der Waals surface area contributed by atoms with E-state index < -0.39 is 12.2 Å². The number of nitrogens with two attached hydrogens (primary N) is 1. The summed E-state index contributed by atoms with van der Waals surface area (Å²) in [5.74, 6) is 0. The van der Waals surface area contributed by atoms with Gasteiger partial charge in [-0.3, -0.25) is 0 Å². The first-order chi connectivity index (χ1) is 10.1. The molecule has 1 aromatic carbocycles. The molecule has 0 aliphatic rings. The lowest BCUT2D eigenvalue weighted by molar-refractivity contribution is 0.0150. The molecule has 2 atom stereocenters. The summed E-state index contributed by atoms with van der Waals surface area (Å²) < 4.78 is 0. The first-order valence-corrected chi connectivity index (χ1v) is 7.18. The molecule has 0 amide bonds. The minimum atomic E-state index is -1.02. The highest BCUT2D eigenvalue weighted by atomic mass is 32.1. The van der Waals surface area contributed by atoms with Gasteiger partial charge in [0.1, 0.15) is 6.10 Å². The second-order valence-corrected chi connectivity index (χ2v) is 5.34. The summed E-state index contributed by atoms with van der Waals surface area (Å²) in [6.45, 7) is 0.144. The monoisotopic (exact) mass is 305 g/mol. The van der Waals surface area contributed by atoms with Gasteiger partial charge in [-0.15, -0.1) is 11.3 Å². The van der Waals surface area contributed by atoms with Crippen molar-refractivity contribution in [3.8, 4) is 11.3 Å². The lowest BCUT2D eigenvalue weighted by Gasteiger charge is -2.17. The summed E-state index contributed by atoms with van der Waals surface area (Å²) in [5, 5.41) is 25.6. The van der Waals surface area contributed by atoms with Gasteiger partial charge in [0.15, 0.2) is 5.13 Å². The van der Waals surface area contributed by atoms with Crippen LogP contribution in [0.25, 0.3) is 21.7 Å². The van der Waals surface area contributed by atoms with Gasteiger partial charge < -0.3 is 15.9 Å². The predicted octanol–water partition coefficient (Wildman–Crippen LogP) is 2.49. The Hall–Kier alpha value is -2.12. The molecule has 0 saturated heterocycles. The van der Waals surface area contributed by atoms with E-state index in [2.05, 4.69) is 15.0 Å². The Morgan fingerprint density at radius 2 is 2.05 bits per heavy atom. The van der Waals surface area contributed by atoms with Crippen LogP contribution in [0.15, 0.2) is 34.8 Å². The number of aliphatic hydroxyl groups excluding tert-OH is 2. The average Bonchev–Trinajstić information content (AvgIpc) is 2.93. The standard InChI is InChI=1S/C13H15N5O2S/c14-13-17-10(7-21-13)8-1-3-9(4-2-8)12(20)11(19)5-6-16-18-15/h1-4,7,11-12,19-20H,5-6H2,(H2,14,17). The van der Waals surface area contributed by atoms with E-state index in [-0.39, 0.29) is 13.0 Å². The second-order valence-electron chi connectivity index (χ2n) is 4.45. The lowest BCUT2D eigenvalue weighted by atomic mass is 10.0. The van der Waals surface area contributed by atoms with E-state index in [0.717, 1.165) is 11.3 Å². The van der Waals surface area contributed by atoms with E-state index in [0.29, 0.717) is 10.7 Å². The summed E-state index contributed by atoms with van der Waals surface area (Å²) in [7, 11) is 0. The number of aromatic nitrogens is 1. The lowest BCUT2D eigenvalue weighted by Crippen LogP contribution is -2.19. The van der Waals surface area contributed by atoms with Crippen molar-refractivity contribution < 1.29 is 10.2 Å². The summed E-state index contributed by atoms with van der Waals surface area (Å²) in [6, 6.07) is 7.08. The maximum absolute atomic E-state index is 10.0. The van der Waals surface area contributed by atoms with E-state index in [1.165, 1.54) is 11.3 Å². The Kier molecular flexibility index (Phi) is 5.13. The van der Waals surface area contributed by atoms with Crippen molar-refractivity contribution in [3.63, 3.8) is 0 Å². The molecule has 0 aliphatic heterocycles. The third-order valence-electron chi connectivity index (χ3n) is 3.02. The number of anilines is 1. The first-order valence-electron chi connectivity index (χ1n) is 6.30. The fraction of sp³-hybridized carbons (Fsp3) is 0.308. The van der Waals surface area contributed by atoms with Gasteiger partial charge in [0.2, 0.25) is 0 Å². The SMILES string of the molecule is [N-]=[N+]=NCCC(O)C(O)c1ccc(-c2csc(N)n2)cc1. The average molecular weight is 305 g/mol. The molecule has 1 aromatic heterocycles. The molecule has 8 heteroatoms. The van der Waals surface area contributed by atoms with Crippen LogP contribution in [0.5, 0.6) is 0 Å². The molecule has 0 bridgehead atoms. The van der Waals surface area contributed by atoms with E-state index in [1.807, 2.05) is 17.5 Å². The molecular weight excluding hydrogens is 290 g/mol. The number of hydrogen-bond donors (Lipinski definition) is 3. The zero-order valence-corrected chi connectivity index (χ0v) is 11.9. The molecule has 21 heavy (non-hydrogen) atoms. The summed E-state index contributed by atoms with van der Waals surface area (Å²) >= 11 is 1.36. The molecule has 0 spiro atoms. The van der Waals surface area contributed by atoms with Crippen LogP contribution in [0.1, 0.15) is 18.1 Å². The number of hydrogen-bond acceptors (Lipinski definition) is 6. The van der Waals surface area contributed by atoms with Crippen molar-refractivity contribution in [1.82, 2.24) is 4.98 Å². The normalized spacial score (nSPS) is 13.4. The van der Waals surface area contributed by atoms with Crippen LogP contribution >= 0.6 is 11.3 Å². The number of azide groups is 1. The molecule has 110 valence electrons. The molecular formula is C13H15N5O2S. The second kappa shape index (κ2) is 7.05. The van der Waals surface area contributed by atoms with Gasteiger partial charge in [-0.25, -0.2) is 4.98 Å². The van der Waals surface area contributed by atoms with Crippen LogP contribution in [0.2, 0.25) is 0 Å². The van der Waals surface area contributed by atoms with Gasteiger partial charge in [-0.05, 0) is 17.5 Å². The molecule has 0 fully saturated rings. The number of rotatable bonds is 6. The quantitative estimate of drug-likeness (QED) is 0.430. The molecule has 4 N–H and O–H groups in total. The number of benzene rings is 1. The molecule has 2 rings (SSSR count). The van der Waals surface area contributed by atoms with Crippen LogP contribution in [0.4, 0.5) is 5.13 Å². The Labute approximate surface area is 125 Å². The molecule has 1 heterocycles. The van der Waals surface area contributed by atoms with Gasteiger partial charge in [-0.2, -0.15) is 0 Å². The number of thiazole rings is 1. The van der Waals surface area contributed by atoms with E-state index in [1.54, 1.807) is 12.1 Å². The molecule has 0 saturated carbocycles. The maximum atomic E-state index is 10.0. The van der Waals surface area contributed by atoms with Crippen molar-refractivity contribution in [2.24, 2.45) is 5.11 Å². The zero-order valence-electron chi connectivity index (χ0n) is 11.1. The smallest absolute Gasteiger partial charge is 0.180 e. The minimum absolute atomic E-state index is 0.144. The van der Waals surface area contributed by atoms with Gasteiger partial charge in [0, 0.05) is 22.4 Å². The maximum Gasteiger partial charge on any atom is 0.180 e. The summed E-state index contributed by atoms with van der Waals surface area (Å²) in [4.78, 5) is 6.78. The molecule has 7 nitrogen and oxygen atoms in total. The molecule has 2 aromatic rings. The largest absolute Gasteiger partial charge is 0.390 e. The molecule has 2 unspecified atom stereocenters. The predicted molar refractivity (Wildman–Crippen MR) is 81.6 cm³/mol. The van der Waals surface area contributed by atoms with Crippen molar-refractivity contribution in [2.75, 3.05) is 12.3 Å². The Bertz CT molecular complexity index is 636. The summed E-state index contributed by atoms with van der Waals surface area (Å²) in [5.41, 5.74) is 16.0.